The van der Waals surface area contributed by atoms with E-state index in [0.717, 1.165) is 94.3 Å². The highest BCUT2D eigenvalue weighted by atomic mass is 35.5. The van der Waals surface area contributed by atoms with Crippen LogP contribution >= 0.6 is 11.6 Å². The van der Waals surface area contributed by atoms with Gasteiger partial charge in [-0.15, -0.1) is 0 Å². The van der Waals surface area contributed by atoms with Crippen LogP contribution in [0.25, 0.3) is 32.8 Å². The van der Waals surface area contributed by atoms with E-state index < -0.39 is 5.97 Å². The van der Waals surface area contributed by atoms with Gasteiger partial charge in [0.25, 0.3) is 0 Å². The molecule has 1 aliphatic heterocycles. The molecule has 2 aliphatic rings. The first-order valence-electron chi connectivity index (χ1n) is 17.3. The minimum absolute atomic E-state index is 0.0877. The number of aromatic carboxylic acids is 1. The predicted molar refractivity (Wildman–Crippen MR) is 193 cm³/mol. The molecule has 5 aromatic rings. The van der Waals surface area contributed by atoms with Crippen LogP contribution in [-0.2, 0) is 37.8 Å². The van der Waals surface area contributed by atoms with Crippen LogP contribution in [0.4, 0.5) is 0 Å². The zero-order valence-electron chi connectivity index (χ0n) is 28.6. The number of fused-ring (bicyclic) bond motifs is 3. The number of hydrogen-bond acceptors (Lipinski definition) is 5. The summed E-state index contributed by atoms with van der Waals surface area (Å²) in [6, 6.07) is 18.2. The largest absolute Gasteiger partial charge is 0.493 e. The summed E-state index contributed by atoms with van der Waals surface area (Å²) < 4.78 is 16.5. The van der Waals surface area contributed by atoms with Gasteiger partial charge in [-0.1, -0.05) is 74.8 Å². The smallest absolute Gasteiger partial charge is 0.352 e. The van der Waals surface area contributed by atoms with Crippen LogP contribution in [0.3, 0.4) is 0 Å². The lowest BCUT2D eigenvalue weighted by Crippen LogP contribution is -2.17. The highest BCUT2D eigenvalue weighted by Crippen LogP contribution is 2.51. The molecule has 1 fully saturated rings. The van der Waals surface area contributed by atoms with E-state index in [0.29, 0.717) is 49.9 Å². The third-order valence-electron chi connectivity index (χ3n) is 9.85. The van der Waals surface area contributed by atoms with Gasteiger partial charge in [-0.2, -0.15) is 5.10 Å². The number of carbonyl (C=O) groups is 1. The van der Waals surface area contributed by atoms with Crippen LogP contribution in [0.15, 0.2) is 54.6 Å². The lowest BCUT2D eigenvalue weighted by Gasteiger charge is -2.17. The summed E-state index contributed by atoms with van der Waals surface area (Å²) in [6.45, 7) is 10.6. The number of hydrogen-bond donors (Lipinski definition) is 2. The number of ether oxygens (including phenoxy) is 2. The summed E-state index contributed by atoms with van der Waals surface area (Å²) in [5.74, 6) is -0.0722. The summed E-state index contributed by atoms with van der Waals surface area (Å²) in [4.78, 5) is 13.0. The van der Waals surface area contributed by atoms with Crippen LogP contribution in [0.1, 0.15) is 73.9 Å². The van der Waals surface area contributed by atoms with E-state index in [-0.39, 0.29) is 5.41 Å². The first-order chi connectivity index (χ1) is 23.3. The Hall–Kier alpha value is -3.85. The number of rotatable bonds is 9. The molecule has 2 aromatic heterocycles. The topological polar surface area (TPSA) is 90.5 Å². The lowest BCUT2D eigenvalue weighted by atomic mass is 9.97. The van der Waals surface area contributed by atoms with Crippen molar-refractivity contribution in [1.82, 2.24) is 19.7 Å². The summed E-state index contributed by atoms with van der Waals surface area (Å²) in [5, 5.41) is 22.4. The number of carboxylic acid groups (broad SMARTS) is 1. The van der Waals surface area contributed by atoms with Crippen molar-refractivity contribution < 1.29 is 19.4 Å². The highest BCUT2D eigenvalue weighted by molar-refractivity contribution is 6.35. The number of halogens is 1. The summed E-state index contributed by atoms with van der Waals surface area (Å²) in [6.07, 6.45) is 5.06. The molecule has 0 radical (unpaired) electrons. The number of nitrogens with one attached hydrogen (secondary N) is 1. The number of aromatic nitrogens is 3. The van der Waals surface area contributed by atoms with Crippen molar-refractivity contribution in [3.05, 3.63) is 82.3 Å². The highest BCUT2D eigenvalue weighted by Gasteiger charge is 2.43. The molecule has 0 saturated heterocycles. The molecule has 0 atom stereocenters. The molecule has 3 heterocycles. The van der Waals surface area contributed by atoms with Crippen molar-refractivity contribution in [2.75, 3.05) is 26.3 Å². The zero-order chi connectivity index (χ0) is 33.8. The molecule has 2 N–H and O–H groups in total. The normalized spacial score (nSPS) is 15.1. The maximum atomic E-state index is 13.0. The van der Waals surface area contributed by atoms with Gasteiger partial charge in [-0.05, 0) is 80.1 Å². The predicted octanol–water partition coefficient (Wildman–Crippen LogP) is 8.44. The van der Waals surface area contributed by atoms with Gasteiger partial charge in [0.15, 0.2) is 0 Å². The Kier molecular flexibility index (Phi) is 10.4. The van der Waals surface area contributed by atoms with E-state index in [9.17, 15) is 9.90 Å². The van der Waals surface area contributed by atoms with Gasteiger partial charge in [-0.3, -0.25) is 4.68 Å². The summed E-state index contributed by atoms with van der Waals surface area (Å²) in [7, 11) is 1.96. The average molecular weight is 671 g/mol. The zero-order valence-corrected chi connectivity index (χ0v) is 29.3. The van der Waals surface area contributed by atoms with Gasteiger partial charge >= 0.3 is 5.97 Å². The fourth-order valence-electron chi connectivity index (χ4n) is 7.23. The quantitative estimate of drug-likeness (QED) is 0.153. The number of benzene rings is 3. The number of carboxylic acids is 1. The third-order valence-corrected chi connectivity index (χ3v) is 10.2. The fraction of sp³-hybridized carbons (Fsp3) is 0.436. The third kappa shape index (κ3) is 6.71. The van der Waals surface area contributed by atoms with Crippen LogP contribution in [0.2, 0.25) is 5.02 Å². The molecule has 1 spiro atoms. The Morgan fingerprint density at radius 3 is 2.50 bits per heavy atom. The van der Waals surface area contributed by atoms with E-state index in [2.05, 4.69) is 44.3 Å². The molecule has 7 rings (SSSR count). The van der Waals surface area contributed by atoms with Crippen molar-refractivity contribution in [1.29, 1.82) is 0 Å². The SMILES string of the molecule is CCNCC.CCc1c2c(nn1C)COCC1(CCn3c(C(=O)O)c(CCCOc4cccc5ccccc45)c4ccc(Cl)c-2c43)CC1. The fourth-order valence-corrected chi connectivity index (χ4v) is 7.47. The Labute approximate surface area is 288 Å². The molecule has 9 heteroatoms. The van der Waals surface area contributed by atoms with Crippen LogP contribution < -0.4 is 10.1 Å². The minimum Gasteiger partial charge on any atom is -0.493 e. The molecule has 0 bridgehead atoms. The molecule has 254 valence electrons. The Balaban J connectivity index is 0.000000749. The minimum atomic E-state index is -0.915. The molecule has 0 unspecified atom stereocenters. The molecule has 48 heavy (non-hydrogen) atoms. The van der Waals surface area contributed by atoms with Crippen molar-refractivity contribution >= 4 is 39.2 Å². The van der Waals surface area contributed by atoms with E-state index >= 15 is 0 Å². The maximum Gasteiger partial charge on any atom is 0.352 e. The van der Waals surface area contributed by atoms with Gasteiger partial charge in [0.05, 0.1) is 36.1 Å². The summed E-state index contributed by atoms with van der Waals surface area (Å²) in [5.41, 5.74) is 5.89. The standard InChI is InChI=1S/C35H36ClN3O4.C4H11N/c1-3-28-31-27(37-38(28)2)20-42-21-35(15-16-35)17-18-39-32-25(13-14-26(36)30(31)32)24(33(39)34(40)41)11-7-19-43-29-12-6-9-22-8-4-5-10-23(22)29;1-3-5-4-2/h4-6,8-10,12-14H,3,7,11,15-21H2,1-2H3,(H,40,41);5H,3-4H2,1-2H3. The molecule has 1 aliphatic carbocycles. The van der Waals surface area contributed by atoms with Gasteiger partial charge in [0.1, 0.15) is 11.4 Å². The van der Waals surface area contributed by atoms with E-state index in [4.69, 9.17) is 26.2 Å². The van der Waals surface area contributed by atoms with Crippen LogP contribution in [0.5, 0.6) is 5.75 Å². The molecule has 1 saturated carbocycles. The van der Waals surface area contributed by atoms with Gasteiger partial charge in [0, 0.05) is 41.2 Å². The van der Waals surface area contributed by atoms with Crippen molar-refractivity contribution in [3.8, 4) is 16.9 Å². The Morgan fingerprint density at radius 2 is 1.79 bits per heavy atom. The van der Waals surface area contributed by atoms with E-state index in [1.807, 2.05) is 52.7 Å². The van der Waals surface area contributed by atoms with Gasteiger partial charge in [-0.25, -0.2) is 4.79 Å². The van der Waals surface area contributed by atoms with Crippen molar-refractivity contribution in [2.45, 2.75) is 72.4 Å². The average Bonchev–Trinajstić information content (AvgIpc) is 3.68. The molecular formula is C39H47ClN4O4. The lowest BCUT2D eigenvalue weighted by molar-refractivity contribution is 0.0670. The van der Waals surface area contributed by atoms with Crippen molar-refractivity contribution in [2.24, 2.45) is 12.5 Å². The van der Waals surface area contributed by atoms with Gasteiger partial charge < -0.3 is 24.5 Å². The van der Waals surface area contributed by atoms with Gasteiger partial charge in [0.2, 0.25) is 0 Å². The van der Waals surface area contributed by atoms with E-state index in [1.54, 1.807) is 0 Å². The molecule has 3 aromatic carbocycles. The maximum absolute atomic E-state index is 13.0. The monoisotopic (exact) mass is 670 g/mol. The van der Waals surface area contributed by atoms with Crippen LogP contribution in [-0.4, -0.2) is 51.7 Å². The van der Waals surface area contributed by atoms with Crippen molar-refractivity contribution in [3.63, 3.8) is 0 Å². The summed E-state index contributed by atoms with van der Waals surface area (Å²) >= 11 is 7.03. The number of aryl methyl sites for hydroxylation is 3. The first kappa shape index (κ1) is 34.0. The molecule has 0 amide bonds. The molecular weight excluding hydrogens is 624 g/mol. The second-order valence-corrected chi connectivity index (χ2v) is 13.4. The second-order valence-electron chi connectivity index (χ2n) is 13.0. The molecule has 8 nitrogen and oxygen atoms in total. The Bertz CT molecular complexity index is 1920. The Morgan fingerprint density at radius 1 is 1.02 bits per heavy atom. The van der Waals surface area contributed by atoms with Crippen LogP contribution in [0, 0.1) is 5.41 Å². The first-order valence-corrected chi connectivity index (χ1v) is 17.7. The van der Waals surface area contributed by atoms with E-state index in [1.165, 1.54) is 0 Å². The second kappa shape index (κ2) is 14.7. The number of nitrogens with zero attached hydrogens (tertiary/aromatic N) is 3.